The molecule has 1 aromatic carbocycles. The van der Waals surface area contributed by atoms with Gasteiger partial charge in [-0.3, -0.25) is 0 Å². The van der Waals surface area contributed by atoms with Gasteiger partial charge in [-0.1, -0.05) is 38.3 Å². The number of rotatable bonds is 9. The molecular formula is C16H25NO. The van der Waals surface area contributed by atoms with E-state index in [0.717, 1.165) is 37.8 Å². The van der Waals surface area contributed by atoms with E-state index in [-0.39, 0.29) is 0 Å². The van der Waals surface area contributed by atoms with Crippen molar-refractivity contribution in [3.05, 3.63) is 29.8 Å². The zero-order valence-corrected chi connectivity index (χ0v) is 11.5. The molecule has 0 heterocycles. The van der Waals surface area contributed by atoms with E-state index in [1.807, 2.05) is 0 Å². The van der Waals surface area contributed by atoms with E-state index in [0.29, 0.717) is 0 Å². The third-order valence-electron chi connectivity index (χ3n) is 3.45. The molecule has 0 aliphatic heterocycles. The highest BCUT2D eigenvalue weighted by Gasteiger charge is 2.19. The number of hydrogen-bond acceptors (Lipinski definition) is 2. The van der Waals surface area contributed by atoms with Crippen molar-refractivity contribution in [2.75, 3.05) is 13.2 Å². The summed E-state index contributed by atoms with van der Waals surface area (Å²) in [6.45, 7) is 5.14. The lowest BCUT2D eigenvalue weighted by Crippen LogP contribution is -2.15. The normalized spacial score (nSPS) is 14.7. The van der Waals surface area contributed by atoms with E-state index in [1.165, 1.54) is 31.2 Å². The van der Waals surface area contributed by atoms with E-state index in [2.05, 4.69) is 36.5 Å². The first kappa shape index (κ1) is 13.4. The third kappa shape index (κ3) is 5.09. The fourth-order valence-electron chi connectivity index (χ4n) is 1.98. The molecule has 0 radical (unpaired) electrons. The summed E-state index contributed by atoms with van der Waals surface area (Å²) in [6, 6.07) is 8.47. The number of hydrogen-bond donors (Lipinski definition) is 1. The molecule has 0 saturated heterocycles. The van der Waals surface area contributed by atoms with Crippen molar-refractivity contribution in [2.45, 2.75) is 45.6 Å². The molecule has 0 atom stereocenters. The number of nitrogens with one attached hydrogen (secondary N) is 1. The van der Waals surface area contributed by atoms with Crippen LogP contribution in [0.4, 0.5) is 0 Å². The van der Waals surface area contributed by atoms with Crippen molar-refractivity contribution in [2.24, 2.45) is 5.92 Å². The Balaban J connectivity index is 1.62. The Bertz CT molecular complexity index is 329. The van der Waals surface area contributed by atoms with Crippen LogP contribution in [0.5, 0.6) is 5.75 Å². The highest BCUT2D eigenvalue weighted by Crippen LogP contribution is 2.31. The summed E-state index contributed by atoms with van der Waals surface area (Å²) in [5.74, 6) is 2.01. The first-order valence-electron chi connectivity index (χ1n) is 7.31. The van der Waals surface area contributed by atoms with Crippen LogP contribution in [0, 0.1) is 5.92 Å². The van der Waals surface area contributed by atoms with Crippen molar-refractivity contribution >= 4 is 0 Å². The van der Waals surface area contributed by atoms with Crippen molar-refractivity contribution in [3.8, 4) is 5.75 Å². The topological polar surface area (TPSA) is 21.3 Å². The molecule has 18 heavy (non-hydrogen) atoms. The number of benzene rings is 1. The van der Waals surface area contributed by atoms with Crippen LogP contribution in [-0.4, -0.2) is 13.2 Å². The monoisotopic (exact) mass is 247 g/mol. The fraction of sp³-hybridized carbons (Fsp3) is 0.625. The van der Waals surface area contributed by atoms with Gasteiger partial charge in [0.1, 0.15) is 5.75 Å². The Morgan fingerprint density at radius 2 is 2.00 bits per heavy atom. The minimum Gasteiger partial charge on any atom is -0.494 e. The summed E-state index contributed by atoms with van der Waals surface area (Å²) in [4.78, 5) is 0. The van der Waals surface area contributed by atoms with E-state index < -0.39 is 0 Å². The quantitative estimate of drug-likeness (QED) is 0.671. The molecule has 0 aromatic heterocycles. The van der Waals surface area contributed by atoms with Crippen molar-refractivity contribution in [1.82, 2.24) is 5.32 Å². The third-order valence-corrected chi connectivity index (χ3v) is 3.45. The Hall–Kier alpha value is -1.02. The molecule has 1 aliphatic carbocycles. The zero-order chi connectivity index (χ0) is 12.6. The summed E-state index contributed by atoms with van der Waals surface area (Å²) < 4.78 is 5.65. The summed E-state index contributed by atoms with van der Waals surface area (Å²) in [7, 11) is 0. The summed E-state index contributed by atoms with van der Waals surface area (Å²) in [5.41, 5.74) is 1.34. The molecule has 0 unspecified atom stereocenters. The molecular weight excluding hydrogens is 222 g/mol. The lowest BCUT2D eigenvalue weighted by atomic mass is 10.2. The maximum absolute atomic E-state index is 5.65. The van der Waals surface area contributed by atoms with E-state index in [9.17, 15) is 0 Å². The van der Waals surface area contributed by atoms with Gasteiger partial charge >= 0.3 is 0 Å². The molecule has 2 nitrogen and oxygen atoms in total. The van der Waals surface area contributed by atoms with E-state index in [4.69, 9.17) is 4.74 Å². The van der Waals surface area contributed by atoms with Gasteiger partial charge in [0.25, 0.3) is 0 Å². The van der Waals surface area contributed by atoms with Crippen LogP contribution < -0.4 is 10.1 Å². The van der Waals surface area contributed by atoms with Crippen LogP contribution in [0.2, 0.25) is 0 Å². The van der Waals surface area contributed by atoms with Gasteiger partial charge in [0, 0.05) is 6.54 Å². The second-order valence-corrected chi connectivity index (χ2v) is 5.25. The molecule has 2 heteroatoms. The van der Waals surface area contributed by atoms with Gasteiger partial charge in [0.2, 0.25) is 0 Å². The van der Waals surface area contributed by atoms with Gasteiger partial charge in [-0.2, -0.15) is 0 Å². The zero-order valence-electron chi connectivity index (χ0n) is 11.5. The first-order chi connectivity index (χ1) is 8.88. The van der Waals surface area contributed by atoms with Gasteiger partial charge in [0.15, 0.2) is 0 Å². The van der Waals surface area contributed by atoms with E-state index >= 15 is 0 Å². The summed E-state index contributed by atoms with van der Waals surface area (Å²) in [6.07, 6.45) is 6.56. The predicted octanol–water partition coefficient (Wildman–Crippen LogP) is 3.76. The lowest BCUT2D eigenvalue weighted by Gasteiger charge is -2.07. The second kappa shape index (κ2) is 7.42. The Morgan fingerprint density at radius 1 is 1.22 bits per heavy atom. The van der Waals surface area contributed by atoms with Crippen molar-refractivity contribution in [1.29, 1.82) is 0 Å². The van der Waals surface area contributed by atoms with Crippen LogP contribution in [0.15, 0.2) is 24.3 Å². The molecule has 1 aliphatic rings. The smallest absolute Gasteiger partial charge is 0.119 e. The average molecular weight is 247 g/mol. The molecule has 1 fully saturated rings. The Morgan fingerprint density at radius 3 is 2.67 bits per heavy atom. The number of unbranched alkanes of at least 4 members (excludes halogenated alkanes) is 1. The SMILES string of the molecule is CCCCOc1ccc(CNCCC2CC2)cc1. The molecule has 1 N–H and O–H groups in total. The molecule has 1 saturated carbocycles. The van der Waals surface area contributed by atoms with Gasteiger partial charge in [-0.25, -0.2) is 0 Å². The molecule has 2 rings (SSSR count). The van der Waals surface area contributed by atoms with E-state index in [1.54, 1.807) is 0 Å². The second-order valence-electron chi connectivity index (χ2n) is 5.25. The van der Waals surface area contributed by atoms with Crippen molar-refractivity contribution < 1.29 is 4.74 Å². The molecule has 0 spiro atoms. The molecule has 0 amide bonds. The largest absolute Gasteiger partial charge is 0.494 e. The Labute approximate surface area is 111 Å². The van der Waals surface area contributed by atoms with Crippen LogP contribution in [0.1, 0.15) is 44.6 Å². The molecule has 100 valence electrons. The fourth-order valence-corrected chi connectivity index (χ4v) is 1.98. The molecule has 1 aromatic rings. The minimum atomic E-state index is 0.829. The lowest BCUT2D eigenvalue weighted by molar-refractivity contribution is 0.309. The standard InChI is InChI=1S/C16H25NO/c1-2-3-12-18-16-8-6-15(7-9-16)13-17-11-10-14-4-5-14/h6-9,14,17H,2-5,10-13H2,1H3. The van der Waals surface area contributed by atoms with Gasteiger partial charge in [-0.05, 0) is 43.0 Å². The highest BCUT2D eigenvalue weighted by molar-refractivity contribution is 5.27. The Kier molecular flexibility index (Phi) is 5.53. The molecule has 0 bridgehead atoms. The van der Waals surface area contributed by atoms with Gasteiger partial charge in [-0.15, -0.1) is 0 Å². The number of ether oxygens (including phenoxy) is 1. The minimum absolute atomic E-state index is 0.829. The summed E-state index contributed by atoms with van der Waals surface area (Å²) in [5, 5.41) is 3.50. The summed E-state index contributed by atoms with van der Waals surface area (Å²) >= 11 is 0. The maximum atomic E-state index is 5.65. The van der Waals surface area contributed by atoms with Gasteiger partial charge in [0.05, 0.1) is 6.61 Å². The highest BCUT2D eigenvalue weighted by atomic mass is 16.5. The van der Waals surface area contributed by atoms with Crippen LogP contribution in [0.25, 0.3) is 0 Å². The predicted molar refractivity (Wildman–Crippen MR) is 75.9 cm³/mol. The van der Waals surface area contributed by atoms with Gasteiger partial charge < -0.3 is 10.1 Å². The average Bonchev–Trinajstić information content (AvgIpc) is 3.21. The van der Waals surface area contributed by atoms with Crippen LogP contribution in [0.3, 0.4) is 0 Å². The van der Waals surface area contributed by atoms with Crippen molar-refractivity contribution in [3.63, 3.8) is 0 Å². The van der Waals surface area contributed by atoms with Crippen LogP contribution in [-0.2, 0) is 6.54 Å². The van der Waals surface area contributed by atoms with Crippen LogP contribution >= 0.6 is 0 Å². The first-order valence-corrected chi connectivity index (χ1v) is 7.31. The maximum Gasteiger partial charge on any atom is 0.119 e.